The molecular formula is C20H26N6O6. The zero-order valence-electron chi connectivity index (χ0n) is 18.1. The van der Waals surface area contributed by atoms with Gasteiger partial charge in [-0.3, -0.25) is 9.59 Å². The number of anilines is 1. The quantitative estimate of drug-likeness (QED) is 0.427. The second-order valence-electron chi connectivity index (χ2n) is 8.24. The van der Waals surface area contributed by atoms with Gasteiger partial charge in [-0.05, 0) is 18.1 Å². The van der Waals surface area contributed by atoms with Crippen molar-refractivity contribution in [1.82, 2.24) is 14.6 Å². The number of nitrogens with two attached hydrogens (primary N) is 1. The van der Waals surface area contributed by atoms with E-state index in [1.165, 1.54) is 16.6 Å². The van der Waals surface area contributed by atoms with Crippen molar-refractivity contribution in [1.29, 1.82) is 5.26 Å². The number of esters is 1. The minimum absolute atomic E-state index is 0.0516. The third-order valence-electron chi connectivity index (χ3n) is 5.29. The van der Waals surface area contributed by atoms with Crippen molar-refractivity contribution in [3.05, 3.63) is 24.2 Å². The summed E-state index contributed by atoms with van der Waals surface area (Å²) in [5.41, 5.74) is 4.13. The molecule has 0 saturated carbocycles. The lowest BCUT2D eigenvalue weighted by molar-refractivity contribution is -0.198. The van der Waals surface area contributed by atoms with Gasteiger partial charge in [0.1, 0.15) is 30.1 Å². The van der Waals surface area contributed by atoms with Gasteiger partial charge in [0.2, 0.25) is 17.8 Å². The van der Waals surface area contributed by atoms with Crippen LogP contribution in [0.25, 0.3) is 5.52 Å². The van der Waals surface area contributed by atoms with Crippen molar-refractivity contribution in [3.8, 4) is 6.07 Å². The van der Waals surface area contributed by atoms with Gasteiger partial charge in [-0.1, -0.05) is 27.7 Å². The molecule has 32 heavy (non-hydrogen) atoms. The van der Waals surface area contributed by atoms with E-state index < -0.39 is 47.9 Å². The summed E-state index contributed by atoms with van der Waals surface area (Å²) in [5.74, 6) is -1.59. The Labute approximate surface area is 183 Å². The predicted molar refractivity (Wildman–Crippen MR) is 110 cm³/mol. The van der Waals surface area contributed by atoms with Gasteiger partial charge < -0.3 is 30.7 Å². The van der Waals surface area contributed by atoms with Gasteiger partial charge in [-0.25, -0.2) is 9.50 Å². The van der Waals surface area contributed by atoms with Crippen LogP contribution in [-0.2, 0) is 24.7 Å². The number of nitriles is 1. The Morgan fingerprint density at radius 3 is 2.62 bits per heavy atom. The predicted octanol–water partition coefficient (Wildman–Crippen LogP) is -0.353. The van der Waals surface area contributed by atoms with Crippen molar-refractivity contribution < 1.29 is 29.3 Å². The highest BCUT2D eigenvalue weighted by Gasteiger charge is 2.59. The van der Waals surface area contributed by atoms with Gasteiger partial charge in [0.25, 0.3) is 0 Å². The largest absolute Gasteiger partial charge is 0.432 e. The van der Waals surface area contributed by atoms with Crippen molar-refractivity contribution in [2.75, 3.05) is 5.32 Å². The second kappa shape index (κ2) is 8.79. The third-order valence-corrected chi connectivity index (χ3v) is 5.29. The van der Waals surface area contributed by atoms with E-state index in [1.54, 1.807) is 27.7 Å². The van der Waals surface area contributed by atoms with Crippen LogP contribution in [0.5, 0.6) is 0 Å². The molecule has 1 saturated heterocycles. The van der Waals surface area contributed by atoms with Crippen LogP contribution in [0.2, 0.25) is 0 Å². The number of hydrogen-bond donors (Lipinski definition) is 4. The maximum absolute atomic E-state index is 12.4. The highest BCUT2D eigenvalue weighted by atomic mass is 16.7. The van der Waals surface area contributed by atoms with Gasteiger partial charge in [0.05, 0.1) is 17.7 Å². The summed E-state index contributed by atoms with van der Waals surface area (Å²) in [6, 6.07) is 4.05. The van der Waals surface area contributed by atoms with Gasteiger partial charge >= 0.3 is 5.97 Å². The molecule has 0 bridgehead atoms. The van der Waals surface area contributed by atoms with Crippen LogP contribution in [-0.4, -0.2) is 61.2 Å². The summed E-state index contributed by atoms with van der Waals surface area (Å²) >= 11 is 0. The van der Waals surface area contributed by atoms with Crippen LogP contribution >= 0.6 is 0 Å². The highest BCUT2D eigenvalue weighted by Crippen LogP contribution is 2.41. The van der Waals surface area contributed by atoms with Crippen molar-refractivity contribution in [2.24, 2.45) is 17.6 Å². The zero-order chi connectivity index (χ0) is 23.8. The summed E-state index contributed by atoms with van der Waals surface area (Å²) in [6.45, 7) is 6.79. The van der Waals surface area contributed by atoms with E-state index in [0.717, 1.165) is 6.33 Å². The van der Waals surface area contributed by atoms with Crippen molar-refractivity contribution in [2.45, 2.75) is 57.8 Å². The van der Waals surface area contributed by atoms with E-state index in [1.807, 2.05) is 6.07 Å². The molecule has 0 radical (unpaired) electrons. The zero-order valence-corrected chi connectivity index (χ0v) is 18.1. The fraction of sp³-hybridized carbons (Fsp3) is 0.550. The van der Waals surface area contributed by atoms with Crippen LogP contribution in [0.3, 0.4) is 0 Å². The topological polar surface area (TPSA) is 185 Å². The number of ether oxygens (including phenoxy) is 2. The molecule has 2 aromatic heterocycles. The maximum Gasteiger partial charge on any atom is 0.310 e. The number of fused-ring (bicyclic) bond motifs is 1. The number of rotatable bonds is 6. The summed E-state index contributed by atoms with van der Waals surface area (Å²) < 4.78 is 12.0. The lowest BCUT2D eigenvalue weighted by Crippen LogP contribution is -2.41. The first kappa shape index (κ1) is 23.6. The molecule has 172 valence electrons. The van der Waals surface area contributed by atoms with Crippen molar-refractivity contribution in [3.63, 3.8) is 0 Å². The Balaban J connectivity index is 1.99. The average Bonchev–Trinajstić information content (AvgIpc) is 3.29. The summed E-state index contributed by atoms with van der Waals surface area (Å²) in [5, 5.41) is 37.7. The molecule has 3 rings (SSSR count). The molecule has 1 fully saturated rings. The number of aromatic nitrogens is 3. The number of nitrogens with one attached hydrogen (secondary N) is 1. The fourth-order valence-corrected chi connectivity index (χ4v) is 3.23. The molecule has 3 heterocycles. The van der Waals surface area contributed by atoms with Crippen LogP contribution in [0, 0.1) is 23.2 Å². The minimum Gasteiger partial charge on any atom is -0.432 e. The Morgan fingerprint density at radius 2 is 2.03 bits per heavy atom. The molecule has 0 aromatic carbocycles. The highest BCUT2D eigenvalue weighted by molar-refractivity contribution is 5.97. The van der Waals surface area contributed by atoms with Gasteiger partial charge in [0, 0.05) is 0 Å². The van der Waals surface area contributed by atoms with E-state index in [4.69, 9.17) is 15.2 Å². The molecule has 1 aliphatic rings. The molecule has 1 aliphatic heterocycles. The number of nitrogens with zero attached hydrogens (tertiary/aromatic N) is 4. The fourth-order valence-electron chi connectivity index (χ4n) is 3.23. The van der Waals surface area contributed by atoms with Gasteiger partial charge in [-0.15, -0.1) is 0 Å². The number of carbonyl (C=O) groups is 2. The van der Waals surface area contributed by atoms with E-state index in [-0.39, 0.29) is 17.4 Å². The monoisotopic (exact) mass is 446 g/mol. The number of amides is 1. The van der Waals surface area contributed by atoms with Crippen LogP contribution in [0.4, 0.5) is 5.82 Å². The van der Waals surface area contributed by atoms with Gasteiger partial charge in [0.15, 0.2) is 5.82 Å². The molecule has 5 atom stereocenters. The smallest absolute Gasteiger partial charge is 0.310 e. The lowest BCUT2D eigenvalue weighted by Gasteiger charge is -2.23. The summed E-state index contributed by atoms with van der Waals surface area (Å²) in [4.78, 5) is 28.4. The third kappa shape index (κ3) is 3.91. The van der Waals surface area contributed by atoms with E-state index in [0.29, 0.717) is 5.52 Å². The molecule has 12 heteroatoms. The van der Waals surface area contributed by atoms with Crippen LogP contribution < -0.4 is 11.1 Å². The Hall–Kier alpha value is -3.11. The normalized spacial score (nSPS) is 26.3. The molecular weight excluding hydrogens is 420 g/mol. The van der Waals surface area contributed by atoms with E-state index in [2.05, 4.69) is 15.4 Å². The molecule has 1 amide bonds. The van der Waals surface area contributed by atoms with Gasteiger partial charge in [-0.2, -0.15) is 10.4 Å². The Morgan fingerprint density at radius 1 is 1.34 bits per heavy atom. The number of aliphatic hydroxyl groups excluding tert-OH is 2. The number of aliphatic hydroxyl groups is 2. The molecule has 5 N–H and O–H groups in total. The van der Waals surface area contributed by atoms with Crippen LogP contribution in [0.1, 0.15) is 33.4 Å². The van der Waals surface area contributed by atoms with Crippen LogP contribution in [0.15, 0.2) is 18.5 Å². The SMILES string of the molecule is CC(C)C(=O)O[C@H]1O[C@@](C#N)(c2ccc3c(NC(=O)[C@@H](N)C(C)C)ncnn23)[C@H](O)[C@@H]1O. The summed E-state index contributed by atoms with van der Waals surface area (Å²) in [6.07, 6.45) is -3.84. The maximum atomic E-state index is 12.4. The minimum atomic E-state index is -2.10. The molecule has 2 aromatic rings. The average molecular weight is 446 g/mol. The Bertz CT molecular complexity index is 1060. The first-order valence-corrected chi connectivity index (χ1v) is 10.1. The first-order chi connectivity index (χ1) is 15.0. The number of carbonyl (C=O) groups excluding carboxylic acids is 2. The molecule has 12 nitrogen and oxygen atoms in total. The molecule has 0 unspecified atom stereocenters. The summed E-state index contributed by atoms with van der Waals surface area (Å²) in [7, 11) is 0. The first-order valence-electron chi connectivity index (χ1n) is 10.1. The van der Waals surface area contributed by atoms with E-state index in [9.17, 15) is 25.1 Å². The van der Waals surface area contributed by atoms with E-state index >= 15 is 0 Å². The molecule has 0 spiro atoms. The second-order valence-corrected chi connectivity index (χ2v) is 8.24. The Kier molecular flexibility index (Phi) is 6.47. The molecule has 0 aliphatic carbocycles. The number of hydrogen-bond acceptors (Lipinski definition) is 10. The lowest BCUT2D eigenvalue weighted by atomic mass is 9.93. The van der Waals surface area contributed by atoms with Crippen molar-refractivity contribution >= 4 is 23.2 Å². The standard InChI is InChI=1S/C20H26N6O6/c1-9(2)13(22)17(29)25-16-11-5-6-12(26(11)24-8-23-16)20(7-21)15(28)14(27)19(32-20)31-18(30)10(3)4/h5-6,8-10,13-15,19,27-28H,22H2,1-4H3,(H,23,24,25,29)/t13-,14-,15+,19-,20-/m0/s1.